The van der Waals surface area contributed by atoms with Crippen LogP contribution in [0.5, 0.6) is 5.75 Å². The van der Waals surface area contributed by atoms with E-state index in [-0.39, 0.29) is 0 Å². The summed E-state index contributed by atoms with van der Waals surface area (Å²) in [5, 5.41) is 6.71. The maximum atomic E-state index is 5.63. The summed E-state index contributed by atoms with van der Waals surface area (Å²) in [4.78, 5) is 7.35. The van der Waals surface area contributed by atoms with Crippen molar-refractivity contribution in [2.75, 3.05) is 66.3 Å². The molecule has 0 aliphatic carbocycles. The molecule has 1 aliphatic rings. The first-order valence-corrected chi connectivity index (χ1v) is 12.3. The summed E-state index contributed by atoms with van der Waals surface area (Å²) in [7, 11) is 1.71. The number of nitrogens with one attached hydrogen (secondary N) is 2. The van der Waals surface area contributed by atoms with Gasteiger partial charge in [-0.1, -0.05) is 25.5 Å². The summed E-state index contributed by atoms with van der Waals surface area (Å²) in [6.45, 7) is 12.8. The van der Waals surface area contributed by atoms with Crippen molar-refractivity contribution in [3.8, 4) is 5.75 Å². The maximum absolute atomic E-state index is 5.63. The minimum Gasteiger partial charge on any atom is -0.497 e. The van der Waals surface area contributed by atoms with Crippen molar-refractivity contribution >= 4 is 5.96 Å². The lowest BCUT2D eigenvalue weighted by atomic mass is 9.96. The molecule has 32 heavy (non-hydrogen) atoms. The number of benzene rings is 1. The highest BCUT2D eigenvalue weighted by atomic mass is 16.5. The molecule has 0 atom stereocenters. The number of nitrogens with zero attached hydrogens (tertiary/aromatic N) is 2. The molecule has 0 amide bonds. The molecule has 182 valence electrons. The van der Waals surface area contributed by atoms with Crippen LogP contribution in [0.2, 0.25) is 0 Å². The van der Waals surface area contributed by atoms with Gasteiger partial charge in [0.15, 0.2) is 5.96 Å². The molecule has 1 aliphatic heterocycles. The number of methoxy groups -OCH3 is 1. The van der Waals surface area contributed by atoms with Gasteiger partial charge in [-0.2, -0.15) is 0 Å². The second kappa shape index (κ2) is 16.8. The van der Waals surface area contributed by atoms with E-state index in [4.69, 9.17) is 19.2 Å². The lowest BCUT2D eigenvalue weighted by Gasteiger charge is -2.31. The zero-order valence-electron chi connectivity index (χ0n) is 20.4. The first-order valence-electron chi connectivity index (χ1n) is 12.3. The smallest absolute Gasteiger partial charge is 0.191 e. The molecule has 1 saturated heterocycles. The first-order chi connectivity index (χ1) is 15.7. The average Bonchev–Trinajstić information content (AvgIpc) is 2.83. The highest BCUT2D eigenvalue weighted by molar-refractivity contribution is 5.79. The molecule has 0 radical (unpaired) electrons. The van der Waals surface area contributed by atoms with Gasteiger partial charge in [0.05, 0.1) is 26.9 Å². The molecule has 1 fully saturated rings. The predicted molar refractivity (Wildman–Crippen MR) is 132 cm³/mol. The van der Waals surface area contributed by atoms with Gasteiger partial charge in [-0.15, -0.1) is 0 Å². The van der Waals surface area contributed by atoms with Gasteiger partial charge >= 0.3 is 0 Å². The fourth-order valence-electron chi connectivity index (χ4n) is 3.69. The standard InChI is InChI=1S/C25H44N4O3/c1-4-6-16-31-18-19-32-17-13-27-25(26-5-2)28-20-22-11-14-29(15-12-22)21-23-7-9-24(30-3)10-8-23/h7-10,22H,4-6,11-21H2,1-3H3,(H2,26,27,28). The molecule has 0 bridgehead atoms. The van der Waals surface area contributed by atoms with E-state index in [1.807, 2.05) is 12.1 Å². The van der Waals surface area contributed by atoms with Gasteiger partial charge in [0.25, 0.3) is 0 Å². The number of piperidine rings is 1. The van der Waals surface area contributed by atoms with E-state index < -0.39 is 0 Å². The number of guanidine groups is 1. The molecule has 1 aromatic carbocycles. The van der Waals surface area contributed by atoms with E-state index in [1.54, 1.807) is 7.11 Å². The third kappa shape index (κ3) is 11.2. The Kier molecular flexibility index (Phi) is 13.8. The summed E-state index contributed by atoms with van der Waals surface area (Å²) >= 11 is 0. The van der Waals surface area contributed by atoms with Crippen molar-refractivity contribution < 1.29 is 14.2 Å². The molecule has 1 aromatic rings. The van der Waals surface area contributed by atoms with Crippen LogP contribution in [0, 0.1) is 5.92 Å². The van der Waals surface area contributed by atoms with Crippen LogP contribution in [0.15, 0.2) is 29.3 Å². The molecular formula is C25H44N4O3. The predicted octanol–water partition coefficient (Wildman–Crippen LogP) is 3.30. The van der Waals surface area contributed by atoms with Gasteiger partial charge in [-0.05, 0) is 62.9 Å². The van der Waals surface area contributed by atoms with Crippen LogP contribution >= 0.6 is 0 Å². The van der Waals surface area contributed by atoms with E-state index in [9.17, 15) is 0 Å². The molecule has 0 unspecified atom stereocenters. The number of unbranched alkanes of at least 4 members (excludes halogenated alkanes) is 1. The minimum absolute atomic E-state index is 0.647. The fourth-order valence-corrected chi connectivity index (χ4v) is 3.69. The Morgan fingerprint density at radius 3 is 2.38 bits per heavy atom. The van der Waals surface area contributed by atoms with Crippen LogP contribution in [0.4, 0.5) is 0 Å². The van der Waals surface area contributed by atoms with Crippen molar-refractivity contribution in [3.05, 3.63) is 29.8 Å². The fraction of sp³-hybridized carbons (Fsp3) is 0.720. The molecule has 7 heteroatoms. The third-order valence-corrected chi connectivity index (χ3v) is 5.68. The Hall–Kier alpha value is -1.83. The largest absolute Gasteiger partial charge is 0.497 e. The highest BCUT2D eigenvalue weighted by Crippen LogP contribution is 2.20. The van der Waals surface area contributed by atoms with Crippen LogP contribution in [-0.4, -0.2) is 77.1 Å². The summed E-state index contributed by atoms with van der Waals surface area (Å²) in [5.74, 6) is 2.45. The van der Waals surface area contributed by atoms with Crippen molar-refractivity contribution in [3.63, 3.8) is 0 Å². The van der Waals surface area contributed by atoms with Crippen molar-refractivity contribution in [1.82, 2.24) is 15.5 Å². The zero-order valence-corrected chi connectivity index (χ0v) is 20.4. The van der Waals surface area contributed by atoms with E-state index in [1.165, 1.54) is 24.8 Å². The molecule has 2 rings (SSSR count). The van der Waals surface area contributed by atoms with Crippen LogP contribution in [0.25, 0.3) is 0 Å². The molecule has 0 aromatic heterocycles. The Morgan fingerprint density at radius 2 is 1.72 bits per heavy atom. The van der Waals surface area contributed by atoms with Gasteiger partial charge in [0, 0.05) is 32.8 Å². The van der Waals surface area contributed by atoms with Crippen molar-refractivity contribution in [2.45, 2.75) is 46.1 Å². The zero-order chi connectivity index (χ0) is 22.9. The van der Waals surface area contributed by atoms with Gasteiger partial charge < -0.3 is 24.8 Å². The monoisotopic (exact) mass is 448 g/mol. The number of aliphatic imine (C=N–C) groups is 1. The Morgan fingerprint density at radius 1 is 1.00 bits per heavy atom. The average molecular weight is 449 g/mol. The summed E-state index contributed by atoms with van der Waals surface area (Å²) in [6.07, 6.45) is 4.67. The number of ether oxygens (including phenoxy) is 3. The molecule has 0 spiro atoms. The molecule has 1 heterocycles. The van der Waals surface area contributed by atoms with E-state index in [0.717, 1.165) is 64.0 Å². The second-order valence-electron chi connectivity index (χ2n) is 8.29. The van der Waals surface area contributed by atoms with Gasteiger partial charge in [0.1, 0.15) is 5.75 Å². The summed E-state index contributed by atoms with van der Waals surface area (Å²) < 4.78 is 16.4. The second-order valence-corrected chi connectivity index (χ2v) is 8.29. The van der Waals surface area contributed by atoms with E-state index in [2.05, 4.69) is 41.5 Å². The molecule has 0 saturated carbocycles. The Labute approximate surface area is 194 Å². The van der Waals surface area contributed by atoms with Crippen molar-refractivity contribution in [2.24, 2.45) is 10.9 Å². The van der Waals surface area contributed by atoms with Crippen molar-refractivity contribution in [1.29, 1.82) is 0 Å². The van der Waals surface area contributed by atoms with Gasteiger partial charge in [-0.25, -0.2) is 0 Å². The van der Waals surface area contributed by atoms with E-state index in [0.29, 0.717) is 25.7 Å². The lowest BCUT2D eigenvalue weighted by molar-refractivity contribution is 0.0487. The Bertz CT molecular complexity index is 616. The summed E-state index contributed by atoms with van der Waals surface area (Å²) in [6, 6.07) is 8.40. The first kappa shape index (κ1) is 26.4. The Balaban J connectivity index is 1.60. The van der Waals surface area contributed by atoms with Gasteiger partial charge in [0.2, 0.25) is 0 Å². The normalized spacial score (nSPS) is 15.7. The topological polar surface area (TPSA) is 67.4 Å². The number of hydrogen-bond donors (Lipinski definition) is 2. The van der Waals surface area contributed by atoms with Gasteiger partial charge in [-0.3, -0.25) is 9.89 Å². The molecular weight excluding hydrogens is 404 g/mol. The molecule has 2 N–H and O–H groups in total. The lowest BCUT2D eigenvalue weighted by Crippen LogP contribution is -2.40. The third-order valence-electron chi connectivity index (χ3n) is 5.68. The van der Waals surface area contributed by atoms with Crippen LogP contribution in [-0.2, 0) is 16.0 Å². The quantitative estimate of drug-likeness (QED) is 0.244. The van der Waals surface area contributed by atoms with Crippen LogP contribution in [0.1, 0.15) is 45.1 Å². The summed E-state index contributed by atoms with van der Waals surface area (Å²) in [5.41, 5.74) is 1.34. The SMILES string of the molecule is CCCCOCCOCCNC(=NCC1CCN(Cc2ccc(OC)cc2)CC1)NCC. The highest BCUT2D eigenvalue weighted by Gasteiger charge is 2.19. The number of hydrogen-bond acceptors (Lipinski definition) is 5. The molecule has 7 nitrogen and oxygen atoms in total. The van der Waals surface area contributed by atoms with E-state index >= 15 is 0 Å². The van der Waals surface area contributed by atoms with Crippen LogP contribution in [0.3, 0.4) is 0 Å². The van der Waals surface area contributed by atoms with Crippen LogP contribution < -0.4 is 15.4 Å². The minimum atomic E-state index is 0.647. The number of likely N-dealkylation sites (tertiary alicyclic amines) is 1. The number of rotatable bonds is 15. The maximum Gasteiger partial charge on any atom is 0.191 e.